The number of amides is 3. The molecule has 2 aromatic carbocycles. The van der Waals surface area contributed by atoms with Gasteiger partial charge in [-0.05, 0) is 41.4 Å². The maximum atomic E-state index is 13.6. The average molecular weight is 634 g/mol. The molecule has 0 aliphatic carbocycles. The minimum Gasteiger partial charge on any atom is -0.462 e. The number of rotatable bonds is 15. The molecule has 248 valence electrons. The zero-order chi connectivity index (χ0) is 33.7. The smallest absolute Gasteiger partial charge is 0.408 e. The van der Waals surface area contributed by atoms with Gasteiger partial charge in [0.05, 0.1) is 24.6 Å². The number of carbonyl (C=O) groups is 4. The fraction of sp³-hybridized carbons (Fsp3) is 0.444. The van der Waals surface area contributed by atoms with Crippen molar-refractivity contribution in [2.45, 2.75) is 77.7 Å². The fourth-order valence-electron chi connectivity index (χ4n) is 5.21. The van der Waals surface area contributed by atoms with E-state index in [1.807, 2.05) is 75.4 Å². The zero-order valence-corrected chi connectivity index (χ0v) is 27.1. The van der Waals surface area contributed by atoms with E-state index in [2.05, 4.69) is 23.8 Å². The molecule has 3 N–H and O–H groups in total. The highest BCUT2D eigenvalue weighted by Gasteiger charge is 2.35. The molecule has 2 aromatic rings. The first-order valence-electron chi connectivity index (χ1n) is 15.6. The summed E-state index contributed by atoms with van der Waals surface area (Å²) in [5.74, 6) is -2.01. The molecule has 10 nitrogen and oxygen atoms in total. The Bertz CT molecular complexity index is 1350. The largest absolute Gasteiger partial charge is 0.462 e. The number of nitrogens with one attached hydrogen (secondary N) is 2. The van der Waals surface area contributed by atoms with Crippen molar-refractivity contribution in [1.82, 2.24) is 15.5 Å². The third kappa shape index (κ3) is 10.6. The van der Waals surface area contributed by atoms with E-state index < -0.39 is 35.5 Å². The zero-order valence-electron chi connectivity index (χ0n) is 27.1. The lowest BCUT2D eigenvalue weighted by Gasteiger charge is -2.37. The van der Waals surface area contributed by atoms with E-state index in [0.29, 0.717) is 13.0 Å². The predicted molar refractivity (Wildman–Crippen MR) is 175 cm³/mol. The standard InChI is InChI=1S/C36H47N3O7/c1-6-13-27(20-32(41)39-21-28-18-12-11-17-26(28)19-29(39)22-40)33(42)38-31(36(3,4)5)24-45-34(43)30(14-7-2)37-35(44)46-23-25-15-9-8-10-16-25/h6-12,15-18,27,29-31,40H,1-2,13-14,19-24H2,3-5H3,(H,37,44)(H,38,42)/t27-,29+,30-,31-/m1/s1. The van der Waals surface area contributed by atoms with Crippen molar-refractivity contribution in [3.8, 4) is 0 Å². The second-order valence-corrected chi connectivity index (χ2v) is 12.6. The van der Waals surface area contributed by atoms with Crippen LogP contribution in [0.5, 0.6) is 0 Å². The van der Waals surface area contributed by atoms with Crippen LogP contribution in [0, 0.1) is 11.3 Å². The van der Waals surface area contributed by atoms with E-state index >= 15 is 0 Å². The summed E-state index contributed by atoms with van der Waals surface area (Å²) in [6.45, 7) is 13.2. The Labute approximate surface area is 271 Å². The number of ether oxygens (including phenoxy) is 2. The highest BCUT2D eigenvalue weighted by Crippen LogP contribution is 2.26. The van der Waals surface area contributed by atoms with Gasteiger partial charge < -0.3 is 30.1 Å². The number of allylic oxidation sites excluding steroid dienone is 1. The highest BCUT2D eigenvalue weighted by atomic mass is 16.6. The Balaban J connectivity index is 1.61. The average Bonchev–Trinajstić information content (AvgIpc) is 3.04. The molecule has 0 spiro atoms. The second kappa shape index (κ2) is 17.3. The number of carbonyl (C=O) groups excluding carboxylic acids is 4. The molecule has 3 rings (SSSR count). The second-order valence-electron chi connectivity index (χ2n) is 12.6. The highest BCUT2D eigenvalue weighted by molar-refractivity contribution is 5.86. The van der Waals surface area contributed by atoms with Gasteiger partial charge >= 0.3 is 12.1 Å². The van der Waals surface area contributed by atoms with Crippen molar-refractivity contribution in [3.63, 3.8) is 0 Å². The van der Waals surface area contributed by atoms with Crippen molar-refractivity contribution >= 4 is 23.9 Å². The number of hydrogen-bond acceptors (Lipinski definition) is 7. The molecule has 1 aliphatic heterocycles. The van der Waals surface area contributed by atoms with Gasteiger partial charge in [0.15, 0.2) is 0 Å². The van der Waals surface area contributed by atoms with Crippen LogP contribution in [0.2, 0.25) is 0 Å². The van der Waals surface area contributed by atoms with Crippen molar-refractivity contribution in [2.24, 2.45) is 11.3 Å². The maximum absolute atomic E-state index is 13.6. The van der Waals surface area contributed by atoms with E-state index in [4.69, 9.17) is 9.47 Å². The number of nitrogens with zero attached hydrogens (tertiary/aromatic N) is 1. The minimum atomic E-state index is -1.03. The van der Waals surface area contributed by atoms with Gasteiger partial charge in [0.25, 0.3) is 0 Å². The van der Waals surface area contributed by atoms with Crippen LogP contribution in [-0.4, -0.2) is 65.2 Å². The fourth-order valence-corrected chi connectivity index (χ4v) is 5.21. The van der Waals surface area contributed by atoms with E-state index in [9.17, 15) is 24.3 Å². The van der Waals surface area contributed by atoms with Crippen LogP contribution in [0.3, 0.4) is 0 Å². The summed E-state index contributed by atoms with van der Waals surface area (Å²) < 4.78 is 10.8. The summed E-state index contributed by atoms with van der Waals surface area (Å²) in [7, 11) is 0. The molecular formula is C36H47N3O7. The lowest BCUT2D eigenvalue weighted by molar-refractivity contribution is -0.148. The van der Waals surface area contributed by atoms with Crippen LogP contribution in [0.15, 0.2) is 79.9 Å². The van der Waals surface area contributed by atoms with Crippen LogP contribution < -0.4 is 10.6 Å². The molecule has 10 heteroatoms. The predicted octanol–water partition coefficient (Wildman–Crippen LogP) is 4.46. The SMILES string of the molecule is C=CC[C@H](CC(=O)N1Cc2ccccc2C[C@H]1CO)C(=O)N[C@H](COC(=O)[C@@H](CC=C)NC(=O)OCc1ccccc1)C(C)(C)C. The first-order valence-corrected chi connectivity index (χ1v) is 15.6. The van der Waals surface area contributed by atoms with Gasteiger partial charge in [0, 0.05) is 13.0 Å². The van der Waals surface area contributed by atoms with Crippen molar-refractivity contribution in [2.75, 3.05) is 13.2 Å². The molecule has 1 heterocycles. The first-order chi connectivity index (χ1) is 22.0. The minimum absolute atomic E-state index is 0.0424. The molecule has 0 fully saturated rings. The summed E-state index contributed by atoms with van der Waals surface area (Å²) in [4.78, 5) is 54.1. The van der Waals surface area contributed by atoms with Gasteiger partial charge in [-0.15, -0.1) is 13.2 Å². The lowest BCUT2D eigenvalue weighted by Crippen LogP contribution is -2.51. The Morgan fingerprint density at radius 1 is 0.957 bits per heavy atom. The Hall–Kier alpha value is -4.44. The van der Waals surface area contributed by atoms with Gasteiger partial charge in [-0.3, -0.25) is 9.59 Å². The van der Waals surface area contributed by atoms with Crippen LogP contribution >= 0.6 is 0 Å². The molecule has 0 saturated heterocycles. The lowest BCUT2D eigenvalue weighted by atomic mass is 9.86. The number of benzene rings is 2. The number of alkyl carbamates (subject to hydrolysis) is 1. The summed E-state index contributed by atoms with van der Waals surface area (Å²) in [5, 5.41) is 15.5. The number of esters is 1. The monoisotopic (exact) mass is 633 g/mol. The van der Waals surface area contributed by atoms with Gasteiger partial charge in [-0.25, -0.2) is 9.59 Å². The molecule has 4 atom stereocenters. The molecule has 0 saturated carbocycles. The van der Waals surface area contributed by atoms with E-state index in [1.165, 1.54) is 6.08 Å². The summed E-state index contributed by atoms with van der Waals surface area (Å²) in [6.07, 6.45) is 3.17. The van der Waals surface area contributed by atoms with Crippen LogP contribution in [-0.2, 0) is 43.4 Å². The van der Waals surface area contributed by atoms with E-state index in [0.717, 1.165) is 16.7 Å². The number of fused-ring (bicyclic) bond motifs is 1. The molecule has 0 aromatic heterocycles. The maximum Gasteiger partial charge on any atom is 0.408 e. The van der Waals surface area contributed by atoms with Gasteiger partial charge in [0.2, 0.25) is 11.8 Å². The molecule has 0 bridgehead atoms. The summed E-state index contributed by atoms with van der Waals surface area (Å²) >= 11 is 0. The third-order valence-electron chi connectivity index (χ3n) is 8.08. The normalized spacial score (nSPS) is 16.2. The molecular weight excluding hydrogens is 586 g/mol. The van der Waals surface area contributed by atoms with E-state index in [1.54, 1.807) is 11.0 Å². The van der Waals surface area contributed by atoms with E-state index in [-0.39, 0.29) is 56.9 Å². The molecule has 1 aliphatic rings. The first kappa shape index (κ1) is 36.0. The van der Waals surface area contributed by atoms with Crippen molar-refractivity contribution in [3.05, 3.63) is 96.6 Å². The quantitative estimate of drug-likeness (QED) is 0.195. The van der Waals surface area contributed by atoms with Gasteiger partial charge in [-0.2, -0.15) is 0 Å². The topological polar surface area (TPSA) is 134 Å². The molecule has 0 radical (unpaired) electrons. The van der Waals surface area contributed by atoms with Crippen molar-refractivity contribution in [1.29, 1.82) is 0 Å². The molecule has 3 amide bonds. The van der Waals surface area contributed by atoms with Crippen molar-refractivity contribution < 1.29 is 33.8 Å². The van der Waals surface area contributed by atoms with Crippen LogP contribution in [0.1, 0.15) is 56.7 Å². The Kier molecular flexibility index (Phi) is 13.6. The van der Waals surface area contributed by atoms with Crippen LogP contribution in [0.4, 0.5) is 4.79 Å². The summed E-state index contributed by atoms with van der Waals surface area (Å²) in [5.41, 5.74) is 2.40. The number of hydrogen-bond donors (Lipinski definition) is 3. The van der Waals surface area contributed by atoms with Gasteiger partial charge in [-0.1, -0.05) is 87.5 Å². The molecule has 46 heavy (non-hydrogen) atoms. The third-order valence-corrected chi connectivity index (χ3v) is 8.08. The van der Waals surface area contributed by atoms with Gasteiger partial charge in [0.1, 0.15) is 19.3 Å². The number of aliphatic hydroxyl groups excluding tert-OH is 1. The van der Waals surface area contributed by atoms with Crippen LogP contribution in [0.25, 0.3) is 0 Å². The Morgan fingerprint density at radius 2 is 1.61 bits per heavy atom. The molecule has 0 unspecified atom stereocenters. The summed E-state index contributed by atoms with van der Waals surface area (Å²) in [6, 6.07) is 15.0. The number of aliphatic hydroxyl groups is 1. The Morgan fingerprint density at radius 3 is 2.24 bits per heavy atom.